The van der Waals surface area contributed by atoms with Crippen molar-refractivity contribution < 1.29 is 13.9 Å². The SMILES string of the molecule is N#Cc1cc(F)ccc1NC(=O)C1CCC(CN)O1. The number of hydrogen-bond acceptors (Lipinski definition) is 4. The molecule has 1 aromatic rings. The first-order chi connectivity index (χ1) is 9.13. The fourth-order valence-electron chi connectivity index (χ4n) is 2.00. The van der Waals surface area contributed by atoms with Crippen molar-refractivity contribution in [2.24, 2.45) is 5.73 Å². The van der Waals surface area contributed by atoms with Crippen molar-refractivity contribution in [2.75, 3.05) is 11.9 Å². The molecule has 0 radical (unpaired) electrons. The predicted molar refractivity (Wildman–Crippen MR) is 66.7 cm³/mol. The van der Waals surface area contributed by atoms with Crippen LogP contribution < -0.4 is 11.1 Å². The van der Waals surface area contributed by atoms with E-state index in [2.05, 4.69) is 5.32 Å². The summed E-state index contributed by atoms with van der Waals surface area (Å²) >= 11 is 0. The Kier molecular flexibility index (Phi) is 4.10. The van der Waals surface area contributed by atoms with Gasteiger partial charge in [0.05, 0.1) is 17.4 Å². The number of carbonyl (C=O) groups is 1. The molecule has 1 saturated heterocycles. The molecule has 0 aliphatic carbocycles. The molecule has 2 rings (SSSR count). The van der Waals surface area contributed by atoms with Crippen LogP contribution in [0.25, 0.3) is 0 Å². The summed E-state index contributed by atoms with van der Waals surface area (Å²) in [6, 6.07) is 5.47. The minimum atomic E-state index is -0.565. The predicted octanol–water partition coefficient (Wildman–Crippen LogP) is 1.14. The lowest BCUT2D eigenvalue weighted by Crippen LogP contribution is -2.30. The van der Waals surface area contributed by atoms with Crippen molar-refractivity contribution in [3.8, 4) is 6.07 Å². The first kappa shape index (κ1) is 13.5. The second-order valence-corrected chi connectivity index (χ2v) is 4.35. The van der Waals surface area contributed by atoms with Gasteiger partial charge in [-0.1, -0.05) is 0 Å². The van der Waals surface area contributed by atoms with Gasteiger partial charge in [-0.25, -0.2) is 4.39 Å². The van der Waals surface area contributed by atoms with E-state index in [4.69, 9.17) is 15.7 Å². The standard InChI is InChI=1S/C13H14FN3O2/c14-9-1-3-11(8(5-9)6-15)17-13(18)12-4-2-10(7-16)19-12/h1,3,5,10,12H,2,4,7,16H2,(H,17,18). The number of nitriles is 1. The van der Waals surface area contributed by atoms with Crippen LogP contribution in [-0.4, -0.2) is 24.7 Å². The Morgan fingerprint density at radius 3 is 3.00 bits per heavy atom. The lowest BCUT2D eigenvalue weighted by molar-refractivity contribution is -0.126. The summed E-state index contributed by atoms with van der Waals surface area (Å²) in [6.07, 6.45) is 0.671. The van der Waals surface area contributed by atoms with Crippen LogP contribution in [0.15, 0.2) is 18.2 Å². The maximum Gasteiger partial charge on any atom is 0.253 e. The summed E-state index contributed by atoms with van der Waals surface area (Å²) < 4.78 is 18.4. The first-order valence-corrected chi connectivity index (χ1v) is 6.00. The molecule has 5 nitrogen and oxygen atoms in total. The van der Waals surface area contributed by atoms with Gasteiger partial charge in [-0.05, 0) is 31.0 Å². The molecule has 0 spiro atoms. The molecule has 1 fully saturated rings. The highest BCUT2D eigenvalue weighted by molar-refractivity contribution is 5.95. The average Bonchev–Trinajstić information content (AvgIpc) is 2.89. The number of ether oxygens (including phenoxy) is 1. The van der Waals surface area contributed by atoms with E-state index in [1.807, 2.05) is 6.07 Å². The van der Waals surface area contributed by atoms with E-state index in [1.54, 1.807) is 0 Å². The third kappa shape index (κ3) is 3.08. The average molecular weight is 263 g/mol. The van der Waals surface area contributed by atoms with E-state index in [-0.39, 0.29) is 23.3 Å². The molecule has 1 aliphatic rings. The molecule has 6 heteroatoms. The molecule has 3 N–H and O–H groups in total. The second kappa shape index (κ2) is 5.78. The smallest absolute Gasteiger partial charge is 0.253 e. The number of rotatable bonds is 3. The molecule has 1 aliphatic heterocycles. The molecule has 0 aromatic heterocycles. The van der Waals surface area contributed by atoms with Gasteiger partial charge in [-0.2, -0.15) is 5.26 Å². The van der Waals surface area contributed by atoms with Crippen LogP contribution in [0.4, 0.5) is 10.1 Å². The Morgan fingerprint density at radius 1 is 1.58 bits per heavy atom. The van der Waals surface area contributed by atoms with Gasteiger partial charge in [0.15, 0.2) is 0 Å². The molecule has 0 saturated carbocycles. The third-order valence-corrected chi connectivity index (χ3v) is 3.02. The number of carbonyl (C=O) groups excluding carboxylic acids is 1. The Morgan fingerprint density at radius 2 is 2.37 bits per heavy atom. The van der Waals surface area contributed by atoms with Crippen LogP contribution in [0.3, 0.4) is 0 Å². The molecule has 19 heavy (non-hydrogen) atoms. The van der Waals surface area contributed by atoms with Gasteiger partial charge in [-0.15, -0.1) is 0 Å². The molecular formula is C13H14FN3O2. The quantitative estimate of drug-likeness (QED) is 0.856. The van der Waals surface area contributed by atoms with Crippen molar-refractivity contribution in [2.45, 2.75) is 25.0 Å². The van der Waals surface area contributed by atoms with Gasteiger partial charge in [-0.3, -0.25) is 4.79 Å². The highest BCUT2D eigenvalue weighted by atomic mass is 19.1. The molecule has 2 unspecified atom stereocenters. The van der Waals surface area contributed by atoms with E-state index in [1.165, 1.54) is 12.1 Å². The van der Waals surface area contributed by atoms with Crippen molar-refractivity contribution >= 4 is 11.6 Å². The van der Waals surface area contributed by atoms with Crippen LogP contribution >= 0.6 is 0 Å². The number of nitrogens with one attached hydrogen (secondary N) is 1. The normalized spacial score (nSPS) is 21.9. The Labute approximate surface area is 110 Å². The van der Waals surface area contributed by atoms with Crippen LogP contribution in [0, 0.1) is 17.1 Å². The molecular weight excluding hydrogens is 249 g/mol. The van der Waals surface area contributed by atoms with Gasteiger partial charge in [0.2, 0.25) is 0 Å². The lowest BCUT2D eigenvalue weighted by atomic mass is 10.1. The molecule has 2 atom stereocenters. The number of halogens is 1. The van der Waals surface area contributed by atoms with Gasteiger partial charge < -0.3 is 15.8 Å². The maximum absolute atomic E-state index is 13.0. The minimum absolute atomic E-state index is 0.0849. The zero-order valence-corrected chi connectivity index (χ0v) is 10.2. The molecule has 1 aromatic carbocycles. The topological polar surface area (TPSA) is 88.1 Å². The number of hydrogen-bond donors (Lipinski definition) is 2. The van der Waals surface area contributed by atoms with Crippen LogP contribution in [0.5, 0.6) is 0 Å². The Balaban J connectivity index is 2.06. The van der Waals surface area contributed by atoms with Crippen molar-refractivity contribution in [1.82, 2.24) is 0 Å². The van der Waals surface area contributed by atoms with E-state index >= 15 is 0 Å². The van der Waals surface area contributed by atoms with Gasteiger partial charge in [0.1, 0.15) is 18.0 Å². The summed E-state index contributed by atoms with van der Waals surface area (Å²) in [4.78, 5) is 11.9. The number of anilines is 1. The summed E-state index contributed by atoms with van der Waals surface area (Å²) in [6.45, 7) is 0.379. The first-order valence-electron chi connectivity index (χ1n) is 6.00. The highest BCUT2D eigenvalue weighted by Gasteiger charge is 2.30. The van der Waals surface area contributed by atoms with Crippen molar-refractivity contribution in [3.63, 3.8) is 0 Å². The lowest BCUT2D eigenvalue weighted by Gasteiger charge is -2.13. The third-order valence-electron chi connectivity index (χ3n) is 3.02. The van der Waals surface area contributed by atoms with E-state index in [0.29, 0.717) is 13.0 Å². The fourth-order valence-corrected chi connectivity index (χ4v) is 2.00. The number of amides is 1. The van der Waals surface area contributed by atoms with Gasteiger partial charge in [0, 0.05) is 6.54 Å². The highest BCUT2D eigenvalue weighted by Crippen LogP contribution is 2.22. The summed E-state index contributed by atoms with van der Waals surface area (Å²) in [5.74, 6) is -0.853. The summed E-state index contributed by atoms with van der Waals surface area (Å²) in [5, 5.41) is 11.5. The van der Waals surface area contributed by atoms with Crippen LogP contribution in [0.1, 0.15) is 18.4 Å². The number of nitrogens with two attached hydrogens (primary N) is 1. The minimum Gasteiger partial charge on any atom is -0.364 e. The maximum atomic E-state index is 13.0. The van der Waals surface area contributed by atoms with Crippen LogP contribution in [0.2, 0.25) is 0 Å². The van der Waals surface area contributed by atoms with E-state index in [9.17, 15) is 9.18 Å². The Hall–Kier alpha value is -1.97. The zero-order chi connectivity index (χ0) is 13.8. The number of benzene rings is 1. The summed E-state index contributed by atoms with van der Waals surface area (Å²) in [7, 11) is 0. The molecule has 1 heterocycles. The van der Waals surface area contributed by atoms with Crippen molar-refractivity contribution in [1.29, 1.82) is 5.26 Å². The zero-order valence-electron chi connectivity index (χ0n) is 10.2. The second-order valence-electron chi connectivity index (χ2n) is 4.35. The largest absolute Gasteiger partial charge is 0.364 e. The van der Waals surface area contributed by atoms with E-state index < -0.39 is 11.9 Å². The molecule has 100 valence electrons. The van der Waals surface area contributed by atoms with Crippen LogP contribution in [-0.2, 0) is 9.53 Å². The van der Waals surface area contributed by atoms with Gasteiger partial charge in [0.25, 0.3) is 5.91 Å². The molecule has 1 amide bonds. The monoisotopic (exact) mass is 263 g/mol. The van der Waals surface area contributed by atoms with Gasteiger partial charge >= 0.3 is 0 Å². The fraction of sp³-hybridized carbons (Fsp3) is 0.385. The van der Waals surface area contributed by atoms with E-state index in [0.717, 1.165) is 12.5 Å². The molecule has 0 bridgehead atoms. The van der Waals surface area contributed by atoms with Crippen molar-refractivity contribution in [3.05, 3.63) is 29.6 Å². The summed E-state index contributed by atoms with van der Waals surface area (Å²) in [5.41, 5.74) is 5.84. The number of nitrogens with zero attached hydrogens (tertiary/aromatic N) is 1. The Bertz CT molecular complexity index is 527.